The Balaban J connectivity index is 2.04. The maximum atomic E-state index is 5.83. The van der Waals surface area contributed by atoms with Crippen LogP contribution in [0.15, 0.2) is 30.3 Å². The van der Waals surface area contributed by atoms with E-state index in [-0.39, 0.29) is 0 Å². The summed E-state index contributed by atoms with van der Waals surface area (Å²) in [7, 11) is 0. The first-order valence-electron chi connectivity index (χ1n) is 6.13. The lowest BCUT2D eigenvalue weighted by Gasteiger charge is -2.37. The van der Waals surface area contributed by atoms with Gasteiger partial charge < -0.3 is 5.73 Å². The number of nitrogens with two attached hydrogens (primary N) is 1. The fourth-order valence-electron chi connectivity index (χ4n) is 2.19. The second-order valence-corrected chi connectivity index (χ2v) is 4.81. The summed E-state index contributed by atoms with van der Waals surface area (Å²) in [5, 5.41) is 4.78. The van der Waals surface area contributed by atoms with Gasteiger partial charge in [-0.25, -0.2) is 5.01 Å². The number of piperidine rings is 1. The summed E-state index contributed by atoms with van der Waals surface area (Å²) in [4.78, 5) is 0. The average molecular weight is 249 g/mol. The van der Waals surface area contributed by atoms with Gasteiger partial charge in [-0.15, -0.1) is 0 Å². The number of hydrogen-bond acceptors (Lipinski definition) is 2. The predicted octanol–water partition coefficient (Wildman–Crippen LogP) is 2.13. The lowest BCUT2D eigenvalue weighted by atomic mass is 10.1. The minimum Gasteiger partial charge on any atom is -0.375 e. The highest BCUT2D eigenvalue weighted by molar-refractivity contribution is 7.80. The lowest BCUT2D eigenvalue weighted by Crippen LogP contribution is -2.50. The molecule has 0 bridgehead atoms. The van der Waals surface area contributed by atoms with Gasteiger partial charge in [0.15, 0.2) is 5.11 Å². The Morgan fingerprint density at radius 3 is 2.41 bits per heavy atom. The number of nitrogens with zero attached hydrogens (tertiary/aromatic N) is 2. The Morgan fingerprint density at radius 2 is 1.82 bits per heavy atom. The van der Waals surface area contributed by atoms with Crippen molar-refractivity contribution in [2.75, 3.05) is 13.1 Å². The molecule has 17 heavy (non-hydrogen) atoms. The second-order valence-electron chi connectivity index (χ2n) is 4.40. The second kappa shape index (κ2) is 5.98. The standard InChI is InChI=1S/C13H19N3S/c14-13(17)16(15-9-5-2-6-10-15)11-12-7-3-1-4-8-12/h1,3-4,7-8H,2,5-6,9-11H2,(H2,14,17). The van der Waals surface area contributed by atoms with Gasteiger partial charge in [-0.1, -0.05) is 36.8 Å². The lowest BCUT2D eigenvalue weighted by molar-refractivity contribution is 0.0200. The van der Waals surface area contributed by atoms with Crippen LogP contribution in [0.2, 0.25) is 0 Å². The van der Waals surface area contributed by atoms with Crippen LogP contribution < -0.4 is 5.73 Å². The van der Waals surface area contributed by atoms with Crippen molar-refractivity contribution in [1.29, 1.82) is 0 Å². The van der Waals surface area contributed by atoms with E-state index in [1.165, 1.54) is 24.8 Å². The van der Waals surface area contributed by atoms with E-state index in [0.29, 0.717) is 5.11 Å². The van der Waals surface area contributed by atoms with Crippen LogP contribution in [-0.2, 0) is 6.54 Å². The van der Waals surface area contributed by atoms with Gasteiger partial charge in [-0.3, -0.25) is 5.01 Å². The molecule has 0 atom stereocenters. The Kier molecular flexibility index (Phi) is 4.34. The first-order valence-corrected chi connectivity index (χ1v) is 6.54. The van der Waals surface area contributed by atoms with Crippen LogP contribution in [0.4, 0.5) is 0 Å². The molecule has 92 valence electrons. The molecule has 1 aromatic carbocycles. The number of hydrogen-bond donors (Lipinski definition) is 1. The molecule has 0 aromatic heterocycles. The summed E-state index contributed by atoms with van der Waals surface area (Å²) >= 11 is 5.16. The van der Waals surface area contributed by atoms with Crippen LogP contribution in [-0.4, -0.2) is 28.2 Å². The maximum Gasteiger partial charge on any atom is 0.181 e. The Labute approximate surface area is 108 Å². The van der Waals surface area contributed by atoms with Gasteiger partial charge in [0.25, 0.3) is 0 Å². The third-order valence-corrected chi connectivity index (χ3v) is 3.31. The molecular formula is C13H19N3S. The van der Waals surface area contributed by atoms with Gasteiger partial charge in [0, 0.05) is 13.1 Å². The summed E-state index contributed by atoms with van der Waals surface area (Å²) < 4.78 is 0. The van der Waals surface area contributed by atoms with Gasteiger partial charge in [0.05, 0.1) is 6.54 Å². The van der Waals surface area contributed by atoms with Crippen molar-refractivity contribution in [1.82, 2.24) is 10.0 Å². The summed E-state index contributed by atoms with van der Waals surface area (Å²) in [5.41, 5.74) is 7.07. The molecule has 0 saturated carbocycles. The Hall–Kier alpha value is -1.13. The summed E-state index contributed by atoms with van der Waals surface area (Å²) in [6.45, 7) is 2.89. The highest BCUT2D eigenvalue weighted by atomic mass is 32.1. The third-order valence-electron chi connectivity index (χ3n) is 3.10. The maximum absolute atomic E-state index is 5.83. The number of thiocarbonyl (C=S) groups is 1. The number of hydrazine groups is 1. The van der Waals surface area contributed by atoms with Crippen molar-refractivity contribution >= 4 is 17.3 Å². The first kappa shape index (κ1) is 12.3. The molecule has 1 aliphatic rings. The van der Waals surface area contributed by atoms with Crippen molar-refractivity contribution in [3.8, 4) is 0 Å². The third kappa shape index (κ3) is 3.41. The van der Waals surface area contributed by atoms with Crippen LogP contribution in [0.3, 0.4) is 0 Å². The van der Waals surface area contributed by atoms with E-state index in [0.717, 1.165) is 19.6 Å². The quantitative estimate of drug-likeness (QED) is 0.832. The molecule has 4 heteroatoms. The van der Waals surface area contributed by atoms with E-state index in [2.05, 4.69) is 17.1 Å². The molecule has 2 N–H and O–H groups in total. The van der Waals surface area contributed by atoms with Crippen LogP contribution in [0, 0.1) is 0 Å². The van der Waals surface area contributed by atoms with Gasteiger partial charge in [-0.05, 0) is 30.6 Å². The molecule has 1 heterocycles. The molecule has 1 aliphatic heterocycles. The topological polar surface area (TPSA) is 32.5 Å². The fraction of sp³-hybridized carbons (Fsp3) is 0.462. The largest absolute Gasteiger partial charge is 0.375 e. The molecule has 3 nitrogen and oxygen atoms in total. The molecule has 1 aromatic rings. The zero-order valence-electron chi connectivity index (χ0n) is 10.0. The van der Waals surface area contributed by atoms with E-state index in [1.807, 2.05) is 23.2 Å². The Bertz CT molecular complexity index is 360. The molecule has 0 amide bonds. The molecule has 1 fully saturated rings. The van der Waals surface area contributed by atoms with Crippen molar-refractivity contribution < 1.29 is 0 Å². The van der Waals surface area contributed by atoms with Gasteiger partial charge >= 0.3 is 0 Å². The zero-order chi connectivity index (χ0) is 12.1. The molecule has 0 spiro atoms. The molecule has 0 unspecified atom stereocenters. The molecule has 0 radical (unpaired) electrons. The first-order chi connectivity index (χ1) is 8.27. The monoisotopic (exact) mass is 249 g/mol. The minimum absolute atomic E-state index is 0.468. The fourth-order valence-corrected chi connectivity index (χ4v) is 2.37. The van der Waals surface area contributed by atoms with Crippen molar-refractivity contribution in [2.24, 2.45) is 5.73 Å². The van der Waals surface area contributed by atoms with Crippen molar-refractivity contribution in [3.05, 3.63) is 35.9 Å². The summed E-state index contributed by atoms with van der Waals surface area (Å²) in [6.07, 6.45) is 3.77. The van der Waals surface area contributed by atoms with Crippen LogP contribution in [0.25, 0.3) is 0 Å². The smallest absolute Gasteiger partial charge is 0.181 e. The number of rotatable bonds is 3. The van der Waals surface area contributed by atoms with Gasteiger partial charge in [-0.2, -0.15) is 0 Å². The van der Waals surface area contributed by atoms with Gasteiger partial charge in [0.2, 0.25) is 0 Å². The SMILES string of the molecule is NC(=S)N(Cc1ccccc1)N1CCCCC1. The molecule has 1 saturated heterocycles. The van der Waals surface area contributed by atoms with Crippen LogP contribution in [0.1, 0.15) is 24.8 Å². The summed E-state index contributed by atoms with van der Waals surface area (Å²) in [5.74, 6) is 0. The van der Waals surface area contributed by atoms with Crippen molar-refractivity contribution in [3.63, 3.8) is 0 Å². The van der Waals surface area contributed by atoms with E-state index < -0.39 is 0 Å². The van der Waals surface area contributed by atoms with Crippen LogP contribution in [0.5, 0.6) is 0 Å². The molecule has 2 rings (SSSR count). The Morgan fingerprint density at radius 1 is 1.18 bits per heavy atom. The van der Waals surface area contributed by atoms with Crippen molar-refractivity contribution in [2.45, 2.75) is 25.8 Å². The normalized spacial score (nSPS) is 16.7. The van der Waals surface area contributed by atoms with E-state index in [9.17, 15) is 0 Å². The molecular weight excluding hydrogens is 230 g/mol. The highest BCUT2D eigenvalue weighted by Gasteiger charge is 2.19. The van der Waals surface area contributed by atoms with E-state index in [1.54, 1.807) is 0 Å². The van der Waals surface area contributed by atoms with E-state index >= 15 is 0 Å². The minimum atomic E-state index is 0.468. The predicted molar refractivity (Wildman–Crippen MR) is 74.2 cm³/mol. The van der Waals surface area contributed by atoms with Crippen LogP contribution >= 0.6 is 12.2 Å². The van der Waals surface area contributed by atoms with Gasteiger partial charge in [0.1, 0.15) is 0 Å². The average Bonchev–Trinajstić information content (AvgIpc) is 2.38. The number of benzene rings is 1. The summed E-state index contributed by atoms with van der Waals surface area (Å²) in [6, 6.07) is 10.3. The zero-order valence-corrected chi connectivity index (χ0v) is 10.8. The molecule has 0 aliphatic carbocycles. The highest BCUT2D eigenvalue weighted by Crippen LogP contribution is 2.14. The van der Waals surface area contributed by atoms with E-state index in [4.69, 9.17) is 18.0 Å².